The van der Waals surface area contributed by atoms with Gasteiger partial charge in [-0.05, 0) is 91.1 Å². The maximum atomic E-state index is 2.49. The molecule has 0 heterocycles. The summed E-state index contributed by atoms with van der Waals surface area (Å²) in [4.78, 5) is 0. The fraction of sp³-hybridized carbons (Fsp3) is 0.514. The summed E-state index contributed by atoms with van der Waals surface area (Å²) in [7, 11) is 0. The zero-order valence-corrected chi connectivity index (χ0v) is 25.7. The Kier molecular flexibility index (Phi) is 15.9. The van der Waals surface area contributed by atoms with E-state index in [-0.39, 0.29) is 5.41 Å². The van der Waals surface area contributed by atoms with Crippen LogP contribution < -0.4 is 0 Å². The molecule has 1 aliphatic rings. The van der Waals surface area contributed by atoms with Crippen LogP contribution in [0.15, 0.2) is 78.4 Å². The third kappa shape index (κ3) is 8.59. The van der Waals surface area contributed by atoms with Gasteiger partial charge >= 0.3 is 0 Å². The van der Waals surface area contributed by atoms with Crippen molar-refractivity contribution in [1.82, 2.24) is 0 Å². The quantitative estimate of drug-likeness (QED) is 0.269. The first-order valence-corrected chi connectivity index (χ1v) is 15.2. The summed E-state index contributed by atoms with van der Waals surface area (Å²) in [6, 6.07) is 13.7. The van der Waals surface area contributed by atoms with E-state index in [9.17, 15) is 0 Å². The van der Waals surface area contributed by atoms with Gasteiger partial charge in [0.25, 0.3) is 0 Å². The molecule has 0 bridgehead atoms. The molecule has 0 saturated carbocycles. The molecule has 2 aromatic rings. The lowest BCUT2D eigenvalue weighted by Crippen LogP contribution is -2.26. The average molecular weight is 501 g/mol. The minimum Gasteiger partial charge on any atom is -0.0916 e. The van der Waals surface area contributed by atoms with Gasteiger partial charge in [-0.2, -0.15) is 0 Å². The van der Waals surface area contributed by atoms with Gasteiger partial charge in [0.1, 0.15) is 0 Å². The number of hydrogen-bond donors (Lipinski definition) is 0. The predicted octanol–water partition coefficient (Wildman–Crippen LogP) is 12.4. The molecule has 1 unspecified atom stereocenters. The Morgan fingerprint density at radius 3 is 1.86 bits per heavy atom. The van der Waals surface area contributed by atoms with Crippen molar-refractivity contribution in [3.05, 3.63) is 89.6 Å². The number of allylic oxidation sites excluding steroid dienone is 8. The first-order chi connectivity index (χ1) is 18.0. The van der Waals surface area contributed by atoms with E-state index in [1.54, 1.807) is 11.1 Å². The zero-order valence-electron chi connectivity index (χ0n) is 25.7. The van der Waals surface area contributed by atoms with Crippen molar-refractivity contribution in [3.8, 4) is 0 Å². The van der Waals surface area contributed by atoms with Crippen LogP contribution in [0.5, 0.6) is 0 Å². The first-order valence-electron chi connectivity index (χ1n) is 15.2. The minimum atomic E-state index is 0.143. The van der Waals surface area contributed by atoms with Gasteiger partial charge in [0.05, 0.1) is 0 Å². The molecule has 1 aliphatic carbocycles. The van der Waals surface area contributed by atoms with Gasteiger partial charge in [0.15, 0.2) is 0 Å². The molecular formula is C37H56. The van der Waals surface area contributed by atoms with E-state index in [1.807, 2.05) is 13.8 Å². The zero-order chi connectivity index (χ0) is 27.7. The molecule has 0 radical (unpaired) electrons. The van der Waals surface area contributed by atoms with E-state index in [0.717, 1.165) is 6.42 Å². The largest absolute Gasteiger partial charge is 0.0916 e. The van der Waals surface area contributed by atoms with E-state index < -0.39 is 0 Å². The van der Waals surface area contributed by atoms with Gasteiger partial charge in [0, 0.05) is 5.41 Å². The van der Waals surface area contributed by atoms with E-state index in [2.05, 4.69) is 121 Å². The van der Waals surface area contributed by atoms with E-state index in [1.165, 1.54) is 66.9 Å². The molecule has 0 nitrogen and oxygen atoms in total. The SMILES string of the molecule is CC.CC=CCC(/C=C\C)/C=C\C1=C(C)c2cc3ccccc3cc2C1(CCC)CCC.CCCCC. The highest BCUT2D eigenvalue weighted by atomic mass is 14.4. The smallest absolute Gasteiger partial charge is 0.0211 e. The number of rotatable bonds is 11. The van der Waals surface area contributed by atoms with E-state index in [0.29, 0.717) is 5.92 Å². The van der Waals surface area contributed by atoms with Crippen molar-refractivity contribution < 1.29 is 0 Å². The molecule has 0 fully saturated rings. The third-order valence-corrected chi connectivity index (χ3v) is 7.38. The molecule has 2 aromatic carbocycles. The van der Waals surface area contributed by atoms with Crippen LogP contribution in [0.1, 0.15) is 125 Å². The molecule has 0 aliphatic heterocycles. The normalized spacial score (nSPS) is 15.2. The monoisotopic (exact) mass is 500 g/mol. The molecule has 0 saturated heterocycles. The van der Waals surface area contributed by atoms with Crippen LogP contribution in [0.3, 0.4) is 0 Å². The van der Waals surface area contributed by atoms with Gasteiger partial charge in [-0.25, -0.2) is 0 Å². The molecule has 1 atom stereocenters. The second kappa shape index (κ2) is 18.0. The summed E-state index contributed by atoms with van der Waals surface area (Å²) in [5.41, 5.74) is 6.18. The fourth-order valence-electron chi connectivity index (χ4n) is 5.73. The number of benzene rings is 2. The van der Waals surface area contributed by atoms with Crippen molar-refractivity contribution in [2.45, 2.75) is 119 Å². The highest BCUT2D eigenvalue weighted by Gasteiger charge is 2.41. The van der Waals surface area contributed by atoms with Crippen molar-refractivity contribution >= 4 is 16.3 Å². The Morgan fingerprint density at radius 2 is 1.38 bits per heavy atom. The summed E-state index contributed by atoms with van der Waals surface area (Å²) in [6.07, 6.45) is 23.8. The molecule has 0 amide bonds. The fourth-order valence-corrected chi connectivity index (χ4v) is 5.73. The predicted molar refractivity (Wildman–Crippen MR) is 171 cm³/mol. The van der Waals surface area contributed by atoms with Crippen LogP contribution in [0.4, 0.5) is 0 Å². The van der Waals surface area contributed by atoms with Gasteiger partial charge in [-0.1, -0.05) is 134 Å². The number of unbranched alkanes of at least 4 members (excludes halogenated alkanes) is 2. The standard InChI is InChI=1S/C30H38.C5H12.C2H6/c1-6-10-14-24(13-7-2)17-18-28-23(5)27-21-25-15-11-12-16-26(25)22-29(27)30(28,19-8-3)20-9-4;1-3-5-4-2;1-2/h6-7,10-13,15-18,21-22,24H,8-9,14,19-20H2,1-5H3;3-5H2,1-2H3;1-2H3/b10-6?,13-7-,18-17-;;. The summed E-state index contributed by atoms with van der Waals surface area (Å²) >= 11 is 0. The van der Waals surface area contributed by atoms with Crippen LogP contribution in [0.2, 0.25) is 0 Å². The van der Waals surface area contributed by atoms with Crippen LogP contribution in [0, 0.1) is 5.92 Å². The molecule has 3 rings (SSSR count). The van der Waals surface area contributed by atoms with Gasteiger partial charge in [-0.15, -0.1) is 0 Å². The molecule has 204 valence electrons. The van der Waals surface area contributed by atoms with Crippen LogP contribution >= 0.6 is 0 Å². The van der Waals surface area contributed by atoms with Gasteiger partial charge in [-0.3, -0.25) is 0 Å². The first kappa shape index (κ1) is 32.7. The Bertz CT molecular complexity index is 1020. The Balaban J connectivity index is 0.000000874. The summed E-state index contributed by atoms with van der Waals surface area (Å²) in [6.45, 7) is 19.7. The van der Waals surface area contributed by atoms with Crippen LogP contribution in [0.25, 0.3) is 16.3 Å². The van der Waals surface area contributed by atoms with Gasteiger partial charge < -0.3 is 0 Å². The second-order valence-corrected chi connectivity index (χ2v) is 10.1. The lowest BCUT2D eigenvalue weighted by atomic mass is 9.70. The lowest BCUT2D eigenvalue weighted by molar-refractivity contribution is 0.432. The molecule has 37 heavy (non-hydrogen) atoms. The maximum Gasteiger partial charge on any atom is 0.0211 e. The maximum absolute atomic E-state index is 2.49. The summed E-state index contributed by atoms with van der Waals surface area (Å²) in [5.74, 6) is 0.454. The average Bonchev–Trinajstić information content (AvgIpc) is 3.13. The molecule has 0 heteroatoms. The Morgan fingerprint density at radius 1 is 0.784 bits per heavy atom. The van der Waals surface area contributed by atoms with Crippen molar-refractivity contribution in [3.63, 3.8) is 0 Å². The number of hydrogen-bond acceptors (Lipinski definition) is 0. The van der Waals surface area contributed by atoms with Crippen LogP contribution in [-0.2, 0) is 5.41 Å². The summed E-state index contributed by atoms with van der Waals surface area (Å²) < 4.78 is 0. The van der Waals surface area contributed by atoms with E-state index in [4.69, 9.17) is 0 Å². The topological polar surface area (TPSA) is 0 Å². The van der Waals surface area contributed by atoms with E-state index >= 15 is 0 Å². The Hall–Kier alpha value is -2.34. The highest BCUT2D eigenvalue weighted by molar-refractivity contribution is 5.92. The van der Waals surface area contributed by atoms with Gasteiger partial charge in [0.2, 0.25) is 0 Å². The molecule has 0 N–H and O–H groups in total. The van der Waals surface area contributed by atoms with Crippen molar-refractivity contribution in [2.24, 2.45) is 5.92 Å². The lowest BCUT2D eigenvalue weighted by Gasteiger charge is -2.33. The summed E-state index contributed by atoms with van der Waals surface area (Å²) in [5, 5.41) is 2.72. The minimum absolute atomic E-state index is 0.143. The third-order valence-electron chi connectivity index (χ3n) is 7.38. The molecule has 0 aromatic heterocycles. The Labute approximate surface area is 230 Å². The van der Waals surface area contributed by atoms with Crippen LogP contribution in [-0.4, -0.2) is 0 Å². The van der Waals surface area contributed by atoms with Crippen molar-refractivity contribution in [2.75, 3.05) is 0 Å². The molecule has 0 spiro atoms. The highest BCUT2D eigenvalue weighted by Crippen LogP contribution is 2.53. The molecular weight excluding hydrogens is 444 g/mol. The van der Waals surface area contributed by atoms with Crippen molar-refractivity contribution in [1.29, 1.82) is 0 Å². The number of fused-ring (bicyclic) bond motifs is 2. The second-order valence-electron chi connectivity index (χ2n) is 10.1.